The molecule has 1 aliphatic carbocycles. The average Bonchev–Trinajstić information content (AvgIpc) is 2.49. The van der Waals surface area contributed by atoms with Gasteiger partial charge in [-0.05, 0) is 55.7 Å². The van der Waals surface area contributed by atoms with Crippen molar-refractivity contribution in [2.45, 2.75) is 44.6 Å². The lowest BCUT2D eigenvalue weighted by atomic mass is 9.79. The maximum Gasteiger partial charge on any atom is 0.213 e. The van der Waals surface area contributed by atoms with Gasteiger partial charge in [-0.2, -0.15) is 9.98 Å². The molecule has 0 aromatic carbocycles. The van der Waals surface area contributed by atoms with E-state index in [0.29, 0.717) is 25.2 Å². The van der Waals surface area contributed by atoms with Gasteiger partial charge in [0.15, 0.2) is 0 Å². The van der Waals surface area contributed by atoms with Crippen LogP contribution in [0.5, 0.6) is 0 Å². The molecule has 0 saturated heterocycles. The average molecular weight is 307 g/mol. The van der Waals surface area contributed by atoms with E-state index in [1.165, 1.54) is 0 Å². The molecule has 1 N–H and O–H groups in total. The van der Waals surface area contributed by atoms with Crippen molar-refractivity contribution >= 4 is 10.0 Å². The second-order valence-electron chi connectivity index (χ2n) is 5.90. The summed E-state index contributed by atoms with van der Waals surface area (Å²) in [4.78, 5) is 3.91. The van der Waals surface area contributed by atoms with Gasteiger partial charge in [0, 0.05) is 12.4 Å². The molecule has 6 heteroatoms. The highest BCUT2D eigenvalue weighted by atomic mass is 32.2. The van der Waals surface area contributed by atoms with Gasteiger partial charge in [0.05, 0.1) is 11.8 Å². The Hall–Kier alpha value is -1.45. The summed E-state index contributed by atoms with van der Waals surface area (Å²) in [5.74, 6) is 0.559. The number of pyridine rings is 1. The molecule has 0 atom stereocenters. The molecule has 5 nitrogen and oxygen atoms in total. The fourth-order valence-electron chi connectivity index (χ4n) is 2.64. The number of rotatable bonds is 5. The molecule has 1 aromatic heterocycles. The van der Waals surface area contributed by atoms with E-state index < -0.39 is 15.6 Å². The van der Waals surface area contributed by atoms with Crippen LogP contribution in [0.4, 0.5) is 0 Å². The molecule has 1 fully saturated rings. The molecule has 1 aliphatic rings. The zero-order chi connectivity index (χ0) is 15.3. The van der Waals surface area contributed by atoms with Crippen molar-refractivity contribution in [3.63, 3.8) is 0 Å². The summed E-state index contributed by atoms with van der Waals surface area (Å²) in [6.07, 6.45) is 6.69. The number of nitriles is 1. The second kappa shape index (κ2) is 6.54. The third-order valence-electron chi connectivity index (χ3n) is 4.10. The lowest BCUT2D eigenvalue weighted by molar-refractivity contribution is 0.278. The zero-order valence-corrected chi connectivity index (χ0v) is 13.1. The van der Waals surface area contributed by atoms with Crippen LogP contribution in [0.2, 0.25) is 0 Å². The number of nitrogens with one attached hydrogen (secondary N) is 1. The van der Waals surface area contributed by atoms with Crippen LogP contribution in [0.15, 0.2) is 24.5 Å². The number of nitrogens with zero attached hydrogens (tertiary/aromatic N) is 2. The molecule has 0 bridgehead atoms. The van der Waals surface area contributed by atoms with Crippen molar-refractivity contribution < 1.29 is 8.42 Å². The van der Waals surface area contributed by atoms with Crippen molar-refractivity contribution in [1.29, 1.82) is 5.26 Å². The largest absolute Gasteiger partial charge is 0.265 e. The minimum atomic E-state index is -3.46. The summed E-state index contributed by atoms with van der Waals surface area (Å²) < 4.78 is 27.1. The van der Waals surface area contributed by atoms with Crippen LogP contribution < -0.4 is 4.72 Å². The minimum Gasteiger partial charge on any atom is -0.265 e. The van der Waals surface area contributed by atoms with Crippen LogP contribution in [0.25, 0.3) is 0 Å². The molecular formula is C15H21N3O2S. The number of hydrogen-bond donors (Lipinski definition) is 1. The van der Waals surface area contributed by atoms with Gasteiger partial charge in [0.1, 0.15) is 5.54 Å². The van der Waals surface area contributed by atoms with Gasteiger partial charge >= 0.3 is 0 Å². The van der Waals surface area contributed by atoms with Crippen LogP contribution in [-0.2, 0) is 16.4 Å². The van der Waals surface area contributed by atoms with Gasteiger partial charge < -0.3 is 0 Å². The van der Waals surface area contributed by atoms with E-state index in [2.05, 4.69) is 22.7 Å². The number of aryl methyl sites for hydroxylation is 1. The Kier molecular flexibility index (Phi) is 4.96. The summed E-state index contributed by atoms with van der Waals surface area (Å²) in [5.41, 5.74) is 0.0162. The molecule has 0 aliphatic heterocycles. The zero-order valence-electron chi connectivity index (χ0n) is 12.2. The normalized spacial score (nSPS) is 26.2. The lowest BCUT2D eigenvalue weighted by Crippen LogP contribution is -2.50. The topological polar surface area (TPSA) is 82.9 Å². The molecule has 21 heavy (non-hydrogen) atoms. The van der Waals surface area contributed by atoms with Crippen LogP contribution >= 0.6 is 0 Å². The fraction of sp³-hybridized carbons (Fsp3) is 0.600. The quantitative estimate of drug-likeness (QED) is 0.902. The predicted molar refractivity (Wildman–Crippen MR) is 80.8 cm³/mol. The van der Waals surface area contributed by atoms with Gasteiger partial charge in [-0.1, -0.05) is 6.92 Å². The molecule has 2 rings (SSSR count). The Balaban J connectivity index is 1.98. The highest BCUT2D eigenvalue weighted by molar-refractivity contribution is 7.89. The Bertz CT molecular complexity index is 600. The first-order valence-corrected chi connectivity index (χ1v) is 8.92. The first-order chi connectivity index (χ1) is 9.95. The first kappa shape index (κ1) is 15.9. The van der Waals surface area contributed by atoms with Crippen LogP contribution in [0.1, 0.15) is 38.2 Å². The summed E-state index contributed by atoms with van der Waals surface area (Å²) in [6.45, 7) is 2.14. The maximum absolute atomic E-state index is 12.2. The van der Waals surface area contributed by atoms with Crippen molar-refractivity contribution in [3.8, 4) is 6.07 Å². The molecule has 1 saturated carbocycles. The smallest absolute Gasteiger partial charge is 0.213 e. The SMILES string of the molecule is CC1CCC(C#N)(NS(=O)(=O)CCc2ccncc2)CC1. The van der Waals surface area contributed by atoms with E-state index in [1.807, 2.05) is 0 Å². The summed E-state index contributed by atoms with van der Waals surface area (Å²) in [5, 5.41) is 9.39. The van der Waals surface area contributed by atoms with E-state index in [-0.39, 0.29) is 5.75 Å². The van der Waals surface area contributed by atoms with Crippen molar-refractivity contribution in [3.05, 3.63) is 30.1 Å². The standard InChI is InChI=1S/C15H21N3O2S/c1-13-2-7-15(12-16,8-3-13)18-21(19,20)11-6-14-4-9-17-10-5-14/h4-5,9-10,13,18H,2-3,6-8,11H2,1H3. The number of hydrogen-bond acceptors (Lipinski definition) is 4. The fourth-order valence-corrected chi connectivity index (χ4v) is 4.09. The Morgan fingerprint density at radius 1 is 1.38 bits per heavy atom. The highest BCUT2D eigenvalue weighted by Crippen LogP contribution is 2.32. The first-order valence-electron chi connectivity index (χ1n) is 7.26. The molecule has 0 radical (unpaired) electrons. The van der Waals surface area contributed by atoms with E-state index >= 15 is 0 Å². The van der Waals surface area contributed by atoms with Crippen LogP contribution in [0.3, 0.4) is 0 Å². The third kappa shape index (κ3) is 4.51. The van der Waals surface area contributed by atoms with Crippen LogP contribution in [-0.4, -0.2) is 24.7 Å². The van der Waals surface area contributed by atoms with E-state index in [9.17, 15) is 13.7 Å². The molecule has 1 heterocycles. The third-order valence-corrected chi connectivity index (χ3v) is 5.54. The Morgan fingerprint density at radius 2 is 2.00 bits per heavy atom. The highest BCUT2D eigenvalue weighted by Gasteiger charge is 2.37. The molecule has 0 unspecified atom stereocenters. The van der Waals surface area contributed by atoms with E-state index in [1.54, 1.807) is 24.5 Å². The van der Waals surface area contributed by atoms with Gasteiger partial charge in [0.2, 0.25) is 10.0 Å². The van der Waals surface area contributed by atoms with Gasteiger partial charge in [-0.3, -0.25) is 4.98 Å². The molecule has 0 spiro atoms. The maximum atomic E-state index is 12.2. The minimum absolute atomic E-state index is 0.00397. The van der Waals surface area contributed by atoms with Crippen molar-refractivity contribution in [2.24, 2.45) is 5.92 Å². The monoisotopic (exact) mass is 307 g/mol. The molecule has 1 aromatic rings. The summed E-state index contributed by atoms with van der Waals surface area (Å²) >= 11 is 0. The number of aromatic nitrogens is 1. The Morgan fingerprint density at radius 3 is 2.57 bits per heavy atom. The van der Waals surface area contributed by atoms with Gasteiger partial charge in [-0.15, -0.1) is 0 Å². The van der Waals surface area contributed by atoms with Gasteiger partial charge in [-0.25, -0.2) is 8.42 Å². The number of sulfonamides is 1. The Labute approximate surface area is 126 Å². The second-order valence-corrected chi connectivity index (χ2v) is 7.74. The van der Waals surface area contributed by atoms with Crippen molar-refractivity contribution in [1.82, 2.24) is 9.71 Å². The lowest BCUT2D eigenvalue weighted by Gasteiger charge is -2.34. The van der Waals surface area contributed by atoms with Gasteiger partial charge in [0.25, 0.3) is 0 Å². The van der Waals surface area contributed by atoms with Crippen molar-refractivity contribution in [2.75, 3.05) is 5.75 Å². The summed E-state index contributed by atoms with van der Waals surface area (Å²) in [7, 11) is -3.46. The molecular weight excluding hydrogens is 286 g/mol. The molecule has 0 amide bonds. The van der Waals surface area contributed by atoms with E-state index in [0.717, 1.165) is 18.4 Å². The molecule has 114 valence electrons. The summed E-state index contributed by atoms with van der Waals surface area (Å²) in [6, 6.07) is 5.80. The predicted octanol–water partition coefficient (Wildman–Crippen LogP) is 2.02. The van der Waals surface area contributed by atoms with Crippen LogP contribution in [0, 0.1) is 17.2 Å². The van der Waals surface area contributed by atoms with E-state index in [4.69, 9.17) is 0 Å².